The lowest BCUT2D eigenvalue weighted by Gasteiger charge is -2.32. The zero-order valence-electron chi connectivity index (χ0n) is 61.0. The molecule has 5 aromatic carbocycles. The minimum absolute atomic E-state index is 0.0239. The highest BCUT2D eigenvalue weighted by molar-refractivity contribution is 6.65. The molecule has 1 aliphatic rings. The van der Waals surface area contributed by atoms with E-state index in [-0.39, 0.29) is 59.5 Å². The molecule has 10 heterocycles. The van der Waals surface area contributed by atoms with Crippen molar-refractivity contribution in [3.05, 3.63) is 226 Å². The first-order valence-corrected chi connectivity index (χ1v) is 34.3. The number of carbonyl (C=O) groups excluding carboxylic acids is 1. The predicted molar refractivity (Wildman–Crippen MR) is 390 cm³/mol. The van der Waals surface area contributed by atoms with Crippen LogP contribution in [0.1, 0.15) is 104 Å². The Morgan fingerprint density at radius 2 is 0.807 bits per heavy atom. The zero-order chi connectivity index (χ0) is 78.0. The van der Waals surface area contributed by atoms with Crippen molar-refractivity contribution < 1.29 is 86.9 Å². The lowest BCUT2D eigenvalue weighted by atomic mass is 9.79. The Morgan fingerprint density at radius 1 is 0.450 bits per heavy atom. The van der Waals surface area contributed by atoms with E-state index in [0.717, 1.165) is 75.8 Å². The molecule has 9 aromatic heterocycles. The summed E-state index contributed by atoms with van der Waals surface area (Å²) in [6.45, 7) is 24.3. The third-order valence-electron chi connectivity index (χ3n) is 19.0. The summed E-state index contributed by atoms with van der Waals surface area (Å²) in [4.78, 5) is 37.7. The number of hydrogen-bond donors (Lipinski definition) is 1. The van der Waals surface area contributed by atoms with Gasteiger partial charge in [0.2, 0.25) is 0 Å². The van der Waals surface area contributed by atoms with Gasteiger partial charge in [-0.15, -0.1) is 0 Å². The summed E-state index contributed by atoms with van der Waals surface area (Å²) in [5.41, 5.74) is 8.07. The number of halogens is 8. The van der Waals surface area contributed by atoms with Crippen LogP contribution >= 0.6 is 0 Å². The molecule has 558 valence electrons. The summed E-state index contributed by atoms with van der Waals surface area (Å²) >= 11 is 0. The Labute approximate surface area is 617 Å². The van der Waals surface area contributed by atoms with Gasteiger partial charge in [0.05, 0.1) is 76.3 Å². The maximum atomic E-state index is 15.3. The average molecular weight is 1490 g/mol. The fourth-order valence-corrected chi connectivity index (χ4v) is 13.2. The number of nitrogens with zero attached hydrogens (tertiary/aromatic N) is 9. The van der Waals surface area contributed by atoms with Crippen LogP contribution in [0.2, 0.25) is 0 Å². The highest BCUT2D eigenvalue weighted by atomic mass is 19.2. The second-order valence-corrected chi connectivity index (χ2v) is 26.6. The van der Waals surface area contributed by atoms with E-state index in [9.17, 15) is 45.4 Å². The normalized spacial score (nSPS) is 13.1. The van der Waals surface area contributed by atoms with E-state index in [2.05, 4.69) is 30.4 Å². The number of ether oxygens (including phenoxy) is 3. The van der Waals surface area contributed by atoms with Gasteiger partial charge in [0, 0.05) is 133 Å². The number of fused-ring (bicyclic) bond motifs is 3. The number of esters is 1. The van der Waals surface area contributed by atoms with Gasteiger partial charge in [0.1, 0.15) is 92.3 Å². The van der Waals surface area contributed by atoms with Crippen LogP contribution in [0, 0.1) is 88.1 Å². The van der Waals surface area contributed by atoms with Gasteiger partial charge in [0.15, 0.2) is 0 Å². The van der Waals surface area contributed by atoms with Gasteiger partial charge >= 0.3 is 19.1 Å². The first-order chi connectivity index (χ1) is 51.9. The van der Waals surface area contributed by atoms with Crippen molar-refractivity contribution in [3.63, 3.8) is 0 Å². The Morgan fingerprint density at radius 3 is 1.16 bits per heavy atom. The van der Waals surface area contributed by atoms with Crippen LogP contribution in [0.5, 0.6) is 11.5 Å². The third-order valence-corrected chi connectivity index (χ3v) is 19.0. The number of aromatic carboxylic acids is 1. The molecule has 0 spiro atoms. The Hall–Kier alpha value is -12.2. The van der Waals surface area contributed by atoms with Crippen molar-refractivity contribution in [2.45, 2.75) is 101 Å². The third kappa shape index (κ3) is 14.1. The molecule has 14 aromatic rings. The lowest BCUT2D eigenvalue weighted by Crippen LogP contribution is -2.41. The van der Waals surface area contributed by atoms with E-state index in [0.29, 0.717) is 89.7 Å². The maximum absolute atomic E-state index is 15.3. The maximum Gasteiger partial charge on any atom is 0.497 e. The molecular weight excluding hydrogens is 1430 g/mol. The van der Waals surface area contributed by atoms with Crippen LogP contribution in [0.3, 0.4) is 0 Å². The number of aryl methyl sites for hydroxylation is 6. The molecule has 1 fully saturated rings. The largest absolute Gasteiger partial charge is 0.497 e. The fourth-order valence-electron chi connectivity index (χ4n) is 13.2. The molecule has 0 radical (unpaired) electrons. The first-order valence-electron chi connectivity index (χ1n) is 34.3. The summed E-state index contributed by atoms with van der Waals surface area (Å²) in [6.07, 6.45) is 9.72. The molecule has 1 saturated heterocycles. The van der Waals surface area contributed by atoms with Gasteiger partial charge in [-0.25, -0.2) is 59.7 Å². The number of hydrogen-bond acceptors (Lipinski definition) is 16. The van der Waals surface area contributed by atoms with E-state index in [1.165, 1.54) is 51.7 Å². The Kier molecular flexibility index (Phi) is 20.3. The molecule has 0 bridgehead atoms. The molecule has 1 aliphatic heterocycles. The molecule has 0 aliphatic carbocycles. The van der Waals surface area contributed by atoms with Crippen molar-refractivity contribution in [1.82, 2.24) is 44.1 Å². The topological polar surface area (TPSA) is 232 Å². The summed E-state index contributed by atoms with van der Waals surface area (Å²) in [5.74, 6) is -6.28. The average Bonchev–Trinajstić information content (AvgIpc) is 1.59. The molecule has 109 heavy (non-hydrogen) atoms. The van der Waals surface area contributed by atoms with E-state index in [4.69, 9.17) is 37.1 Å². The number of carboxylic acid groups (broad SMARTS) is 1. The molecule has 29 heteroatoms. The van der Waals surface area contributed by atoms with Crippen molar-refractivity contribution in [1.29, 1.82) is 0 Å². The predicted octanol–water partition coefficient (Wildman–Crippen LogP) is 18.3. The van der Waals surface area contributed by atoms with Crippen LogP contribution in [0.4, 0.5) is 35.1 Å². The van der Waals surface area contributed by atoms with Crippen LogP contribution < -0.4 is 14.9 Å². The molecule has 0 atom stereocenters. The SMILES string of the molecule is CCOC(=O)c1cc(OCC)c(-c2cn(-c3ccc(F)cc3F)c3ncc(-c4c(C)noc4C)cc23)cc1F.CCOc1cc(C(=O)O)c(F)cc1-c1cn(-c2ccc(F)cc2F)c2ncc(-c3c(C)noc3C)cc12.Cc1noc(C)c1-c1cnc2c(c1)c(B1OC(C)(C)C(C)(C)O1)cn2-c1ccc(F)cc1F. The molecule has 15 rings (SSSR count). The van der Waals surface area contributed by atoms with Crippen molar-refractivity contribution in [2.75, 3.05) is 19.8 Å². The lowest BCUT2D eigenvalue weighted by molar-refractivity contribution is 0.00578. The minimum Gasteiger partial charge on any atom is -0.493 e. The highest BCUT2D eigenvalue weighted by Gasteiger charge is 2.53. The quantitative estimate of drug-likeness (QED) is 0.0538. The van der Waals surface area contributed by atoms with Gasteiger partial charge in [-0.3, -0.25) is 13.7 Å². The summed E-state index contributed by atoms with van der Waals surface area (Å²) in [5, 5.41) is 23.2. The monoisotopic (exact) mass is 1490 g/mol. The summed E-state index contributed by atoms with van der Waals surface area (Å²) in [6, 6.07) is 20.0. The van der Waals surface area contributed by atoms with E-state index in [1.807, 2.05) is 53.7 Å². The van der Waals surface area contributed by atoms with Gasteiger partial charge in [0.25, 0.3) is 0 Å². The molecule has 0 unspecified atom stereocenters. The standard InChI is InChI=1S/C29H24F3N3O4.C27H20F3N3O4.C24H24BF2N3O3/c1-5-37-26-12-21(29(36)38-6-2)23(31)11-19(26)22-14-35(25-8-7-18(30)10-24(25)32)28-20(22)9-17(13-33-28)27-15(3)34-39-16(27)4;1-4-36-24-10-19(27(34)35)21(29)9-17(24)20-12-33(23-6-5-16(28)8-22(23)30)26-18(20)7-15(11-31-26)25-13(2)32-37-14(25)3;1-13-21(14(2)31-29-13)15-9-17-18(25-32-23(3,4)24(5,6)33-25)12-30(22(17)28-11-15)20-8-7-16(26)10-19(20)27/h7-14H,5-6H2,1-4H3;5-12H,4H2,1-3H3,(H,34,35);7-12H,1-6H3. The number of benzene rings is 5. The van der Waals surface area contributed by atoms with Crippen molar-refractivity contribution in [2.24, 2.45) is 0 Å². The number of carbonyl (C=O) groups is 2. The Bertz CT molecular complexity index is 5870. The van der Waals surface area contributed by atoms with Crippen molar-refractivity contribution in [3.8, 4) is 84.2 Å². The zero-order valence-corrected chi connectivity index (χ0v) is 61.0. The van der Waals surface area contributed by atoms with Gasteiger partial charge in [-0.05, 0) is 169 Å². The molecule has 1 N–H and O–H groups in total. The number of aromatic nitrogens is 9. The van der Waals surface area contributed by atoms with Crippen LogP contribution in [-0.4, -0.2) is 99.3 Å². The van der Waals surface area contributed by atoms with E-state index in [1.54, 1.807) is 90.1 Å². The number of rotatable bonds is 16. The molecular formula is C80H68BF8N9O11. The first kappa shape index (κ1) is 75.0. The molecule has 0 amide bonds. The second kappa shape index (κ2) is 29.5. The highest BCUT2D eigenvalue weighted by Crippen LogP contribution is 2.45. The van der Waals surface area contributed by atoms with Crippen LogP contribution in [-0.2, 0) is 14.0 Å². The second-order valence-electron chi connectivity index (χ2n) is 26.6. The Balaban J connectivity index is 0.000000144. The van der Waals surface area contributed by atoms with E-state index >= 15 is 4.39 Å². The fraction of sp³-hybridized carbons (Fsp3) is 0.225. The molecule has 20 nitrogen and oxygen atoms in total. The van der Waals surface area contributed by atoms with Crippen LogP contribution in [0.15, 0.2) is 148 Å². The van der Waals surface area contributed by atoms with Gasteiger partial charge in [-0.2, -0.15) is 0 Å². The number of carboxylic acids is 1. The van der Waals surface area contributed by atoms with Crippen LogP contribution in [0.25, 0.3) is 106 Å². The smallest absolute Gasteiger partial charge is 0.493 e. The molecule has 0 saturated carbocycles. The van der Waals surface area contributed by atoms with E-state index < -0.39 is 82.4 Å². The summed E-state index contributed by atoms with van der Waals surface area (Å²) in [7, 11) is -0.691. The van der Waals surface area contributed by atoms with Crippen molar-refractivity contribution >= 4 is 57.6 Å². The minimum atomic E-state index is -1.44. The number of pyridine rings is 3. The van der Waals surface area contributed by atoms with Gasteiger partial charge < -0.3 is 42.2 Å². The summed E-state index contributed by atoms with van der Waals surface area (Å²) < 4.78 is 165. The van der Waals surface area contributed by atoms with Gasteiger partial charge in [-0.1, -0.05) is 15.5 Å².